The van der Waals surface area contributed by atoms with Gasteiger partial charge in [-0.2, -0.15) is 0 Å². The highest BCUT2D eigenvalue weighted by Gasteiger charge is 2.41. The van der Waals surface area contributed by atoms with Crippen molar-refractivity contribution in [3.63, 3.8) is 0 Å². The van der Waals surface area contributed by atoms with Crippen LogP contribution in [0.2, 0.25) is 0 Å². The lowest BCUT2D eigenvalue weighted by Gasteiger charge is -2.15. The zero-order valence-corrected chi connectivity index (χ0v) is 6.86. The van der Waals surface area contributed by atoms with E-state index in [1.54, 1.807) is 13.8 Å². The minimum Gasteiger partial charge on any atom is -0.372 e. The first-order valence-electron chi connectivity index (χ1n) is 3.90. The van der Waals surface area contributed by atoms with Crippen molar-refractivity contribution in [3.05, 3.63) is 0 Å². The van der Waals surface area contributed by atoms with Crippen molar-refractivity contribution in [1.82, 2.24) is 0 Å². The molecule has 1 aliphatic heterocycles. The van der Waals surface area contributed by atoms with Gasteiger partial charge >= 0.3 is 0 Å². The van der Waals surface area contributed by atoms with Crippen LogP contribution in [0.1, 0.15) is 33.6 Å². The molecule has 60 valence electrons. The zero-order chi connectivity index (χ0) is 7.78. The van der Waals surface area contributed by atoms with Gasteiger partial charge in [-0.15, -0.1) is 0 Å². The fourth-order valence-corrected chi connectivity index (χ4v) is 1.33. The Morgan fingerprint density at radius 1 is 1.70 bits per heavy atom. The lowest BCUT2D eigenvalue weighted by molar-refractivity contribution is 0.0147. The molecular formula is C8H15FO. The van der Waals surface area contributed by atoms with Gasteiger partial charge < -0.3 is 4.74 Å². The first kappa shape index (κ1) is 7.99. The van der Waals surface area contributed by atoms with Gasteiger partial charge in [0.15, 0.2) is 0 Å². The Morgan fingerprint density at radius 3 is 2.50 bits per heavy atom. The van der Waals surface area contributed by atoms with E-state index in [9.17, 15) is 4.39 Å². The number of rotatable bonds is 1. The van der Waals surface area contributed by atoms with Gasteiger partial charge in [0.25, 0.3) is 0 Å². The monoisotopic (exact) mass is 146 g/mol. The maximum absolute atomic E-state index is 13.3. The number of alkyl halides is 1. The summed E-state index contributed by atoms with van der Waals surface area (Å²) in [6.45, 7) is 5.45. The standard InChI is InChI=1S/C8H15FO/c1-4-7-5-8(3,9)6(2)10-7/h6-7H,4-5H2,1-3H3/t6-,7+,8?/m0/s1. The summed E-state index contributed by atoms with van der Waals surface area (Å²) in [7, 11) is 0. The van der Waals surface area contributed by atoms with Gasteiger partial charge in [-0.1, -0.05) is 6.92 Å². The van der Waals surface area contributed by atoms with Crippen molar-refractivity contribution in [2.75, 3.05) is 0 Å². The number of hydrogen-bond donors (Lipinski definition) is 0. The fraction of sp³-hybridized carbons (Fsp3) is 1.00. The Bertz CT molecular complexity index is 122. The van der Waals surface area contributed by atoms with Crippen molar-refractivity contribution < 1.29 is 9.13 Å². The van der Waals surface area contributed by atoms with E-state index in [2.05, 4.69) is 0 Å². The molecule has 1 fully saturated rings. The highest BCUT2D eigenvalue weighted by Crippen LogP contribution is 2.34. The molecule has 3 atom stereocenters. The van der Waals surface area contributed by atoms with Crippen LogP contribution in [0.3, 0.4) is 0 Å². The van der Waals surface area contributed by atoms with Crippen molar-refractivity contribution in [1.29, 1.82) is 0 Å². The average Bonchev–Trinajstić information content (AvgIpc) is 2.08. The van der Waals surface area contributed by atoms with Gasteiger partial charge in [0.1, 0.15) is 5.67 Å². The smallest absolute Gasteiger partial charge is 0.136 e. The largest absolute Gasteiger partial charge is 0.372 e. The Hall–Kier alpha value is -0.110. The van der Waals surface area contributed by atoms with Gasteiger partial charge in [0.05, 0.1) is 12.2 Å². The third-order valence-electron chi connectivity index (χ3n) is 2.33. The summed E-state index contributed by atoms with van der Waals surface area (Å²) in [5.41, 5.74) is -1.10. The molecule has 0 aromatic heterocycles. The van der Waals surface area contributed by atoms with Gasteiger partial charge in [-0.25, -0.2) is 4.39 Å². The van der Waals surface area contributed by atoms with Crippen molar-refractivity contribution in [2.24, 2.45) is 0 Å². The maximum atomic E-state index is 13.3. The Labute approximate surface area is 61.6 Å². The molecule has 0 radical (unpaired) electrons. The number of halogens is 1. The molecule has 10 heavy (non-hydrogen) atoms. The van der Waals surface area contributed by atoms with Crippen LogP contribution in [0.25, 0.3) is 0 Å². The Kier molecular flexibility index (Phi) is 1.99. The molecule has 1 heterocycles. The van der Waals surface area contributed by atoms with Crippen LogP contribution in [-0.4, -0.2) is 17.9 Å². The lowest BCUT2D eigenvalue weighted by Crippen LogP contribution is -2.26. The number of hydrogen-bond acceptors (Lipinski definition) is 1. The summed E-state index contributed by atoms with van der Waals surface area (Å²) >= 11 is 0. The van der Waals surface area contributed by atoms with Crippen molar-refractivity contribution in [3.8, 4) is 0 Å². The van der Waals surface area contributed by atoms with E-state index in [1.165, 1.54) is 0 Å². The first-order chi connectivity index (χ1) is 4.56. The third-order valence-corrected chi connectivity index (χ3v) is 2.33. The molecule has 2 heteroatoms. The summed E-state index contributed by atoms with van der Waals surface area (Å²) < 4.78 is 18.7. The molecule has 0 amide bonds. The molecule has 0 saturated carbocycles. The summed E-state index contributed by atoms with van der Waals surface area (Å²) in [6.07, 6.45) is 1.40. The Morgan fingerprint density at radius 2 is 2.30 bits per heavy atom. The van der Waals surface area contributed by atoms with Crippen molar-refractivity contribution >= 4 is 0 Å². The van der Waals surface area contributed by atoms with E-state index in [0.29, 0.717) is 6.42 Å². The molecule has 0 N–H and O–H groups in total. The second-order valence-electron chi connectivity index (χ2n) is 3.29. The molecular weight excluding hydrogens is 131 g/mol. The Balaban J connectivity index is 2.53. The zero-order valence-electron chi connectivity index (χ0n) is 6.86. The summed E-state index contributed by atoms with van der Waals surface area (Å²) in [5.74, 6) is 0. The molecule has 0 aromatic carbocycles. The second kappa shape index (κ2) is 2.50. The SMILES string of the molecule is CC[C@@H]1CC(C)(F)[C@H](C)O1. The van der Waals surface area contributed by atoms with Crippen LogP contribution < -0.4 is 0 Å². The van der Waals surface area contributed by atoms with Crippen LogP contribution in [0.5, 0.6) is 0 Å². The molecule has 0 aromatic rings. The summed E-state index contributed by atoms with van der Waals surface area (Å²) in [6, 6.07) is 0. The minimum absolute atomic E-state index is 0.144. The third kappa shape index (κ3) is 1.31. The highest BCUT2D eigenvalue weighted by atomic mass is 19.1. The molecule has 1 aliphatic rings. The molecule has 0 aliphatic carbocycles. The highest BCUT2D eigenvalue weighted by molar-refractivity contribution is 4.90. The van der Waals surface area contributed by atoms with Crippen LogP contribution in [0.15, 0.2) is 0 Å². The normalized spacial score (nSPS) is 48.0. The summed E-state index contributed by atoms with van der Waals surface area (Å²) in [5, 5.41) is 0. The molecule has 0 bridgehead atoms. The lowest BCUT2D eigenvalue weighted by atomic mass is 9.98. The van der Waals surface area contributed by atoms with E-state index in [4.69, 9.17) is 4.74 Å². The molecule has 1 nitrogen and oxygen atoms in total. The van der Waals surface area contributed by atoms with E-state index in [-0.39, 0.29) is 12.2 Å². The average molecular weight is 146 g/mol. The quantitative estimate of drug-likeness (QED) is 0.551. The molecule has 0 spiro atoms. The van der Waals surface area contributed by atoms with Gasteiger partial charge in [0, 0.05) is 6.42 Å². The van der Waals surface area contributed by atoms with Gasteiger partial charge in [0.2, 0.25) is 0 Å². The molecule has 1 rings (SSSR count). The molecule has 1 saturated heterocycles. The summed E-state index contributed by atoms with van der Waals surface area (Å²) in [4.78, 5) is 0. The van der Waals surface area contributed by atoms with E-state index in [1.807, 2.05) is 6.92 Å². The predicted octanol–water partition coefficient (Wildman–Crippen LogP) is 2.30. The van der Waals surface area contributed by atoms with Gasteiger partial charge in [-0.3, -0.25) is 0 Å². The fourth-order valence-electron chi connectivity index (χ4n) is 1.33. The van der Waals surface area contributed by atoms with E-state index < -0.39 is 5.67 Å². The minimum atomic E-state index is -1.10. The van der Waals surface area contributed by atoms with Crippen LogP contribution in [-0.2, 0) is 4.74 Å². The van der Waals surface area contributed by atoms with Gasteiger partial charge in [-0.05, 0) is 20.3 Å². The van der Waals surface area contributed by atoms with Crippen molar-refractivity contribution in [2.45, 2.75) is 51.5 Å². The van der Waals surface area contributed by atoms with Crippen LogP contribution in [0.4, 0.5) is 4.39 Å². The number of ether oxygens (including phenoxy) is 1. The van der Waals surface area contributed by atoms with Crippen LogP contribution in [0, 0.1) is 0 Å². The van der Waals surface area contributed by atoms with E-state index in [0.717, 1.165) is 6.42 Å². The topological polar surface area (TPSA) is 9.23 Å². The maximum Gasteiger partial charge on any atom is 0.136 e. The van der Waals surface area contributed by atoms with E-state index >= 15 is 0 Å². The second-order valence-corrected chi connectivity index (χ2v) is 3.29. The predicted molar refractivity (Wildman–Crippen MR) is 38.8 cm³/mol. The van der Waals surface area contributed by atoms with Crippen LogP contribution >= 0.6 is 0 Å². The first-order valence-corrected chi connectivity index (χ1v) is 3.90. The molecule has 1 unspecified atom stereocenters.